The lowest BCUT2D eigenvalue weighted by molar-refractivity contribution is 0.626. The highest BCUT2D eigenvalue weighted by Crippen LogP contribution is 2.23. The van der Waals surface area contributed by atoms with Crippen LogP contribution in [0.4, 0.5) is 4.39 Å². The maximum atomic E-state index is 12.9. The second-order valence-corrected chi connectivity index (χ2v) is 6.40. The summed E-state index contributed by atoms with van der Waals surface area (Å²) in [6, 6.07) is 14.2. The molecule has 100 valence electrons. The van der Waals surface area contributed by atoms with Crippen molar-refractivity contribution in [2.45, 2.75) is 24.9 Å². The van der Waals surface area contributed by atoms with Crippen LogP contribution in [0.1, 0.15) is 28.9 Å². The molecule has 0 unspecified atom stereocenters. The maximum Gasteiger partial charge on any atom is 0.123 e. The smallest absolute Gasteiger partial charge is 0.123 e. The van der Waals surface area contributed by atoms with Crippen LogP contribution < -0.4 is 0 Å². The molecule has 1 nitrogen and oxygen atoms in total. The van der Waals surface area contributed by atoms with Gasteiger partial charge in [-0.2, -0.15) is 0 Å². The van der Waals surface area contributed by atoms with Crippen LogP contribution in [0.3, 0.4) is 0 Å². The molecule has 0 aromatic heterocycles. The first-order chi connectivity index (χ1) is 9.08. The van der Waals surface area contributed by atoms with E-state index in [0.717, 1.165) is 16.7 Å². The Labute approximate surface area is 115 Å². The maximum absolute atomic E-state index is 12.9. The molecule has 0 bridgehead atoms. The van der Waals surface area contributed by atoms with Crippen LogP contribution in [-0.4, -0.2) is 4.21 Å². The zero-order valence-electron chi connectivity index (χ0n) is 11.1. The van der Waals surface area contributed by atoms with Crippen LogP contribution in [0, 0.1) is 12.7 Å². The van der Waals surface area contributed by atoms with Crippen LogP contribution in [0.15, 0.2) is 48.5 Å². The van der Waals surface area contributed by atoms with Crippen LogP contribution in [0.2, 0.25) is 0 Å². The molecule has 0 radical (unpaired) electrons. The number of benzene rings is 2. The molecule has 0 aliphatic rings. The molecule has 0 saturated carbocycles. The Morgan fingerprint density at radius 3 is 2.37 bits per heavy atom. The third-order valence-electron chi connectivity index (χ3n) is 3.29. The lowest BCUT2D eigenvalue weighted by Crippen LogP contribution is -2.06. The van der Waals surface area contributed by atoms with E-state index in [1.165, 1.54) is 12.1 Å². The van der Waals surface area contributed by atoms with Crippen molar-refractivity contribution in [1.82, 2.24) is 0 Å². The summed E-state index contributed by atoms with van der Waals surface area (Å²) in [5.41, 5.74) is 3.17. The fourth-order valence-electron chi connectivity index (χ4n) is 1.94. The van der Waals surface area contributed by atoms with Gasteiger partial charge in [0.25, 0.3) is 0 Å². The van der Waals surface area contributed by atoms with Gasteiger partial charge in [0.05, 0.1) is 5.25 Å². The molecule has 0 saturated heterocycles. The van der Waals surface area contributed by atoms with Gasteiger partial charge >= 0.3 is 0 Å². The Balaban J connectivity index is 2.12. The summed E-state index contributed by atoms with van der Waals surface area (Å²) >= 11 is 0. The highest BCUT2D eigenvalue weighted by molar-refractivity contribution is 7.84. The first-order valence-corrected chi connectivity index (χ1v) is 7.63. The fourth-order valence-corrected chi connectivity index (χ4v) is 3.28. The summed E-state index contributed by atoms with van der Waals surface area (Å²) in [7, 11) is -1.01. The number of rotatable bonds is 4. The van der Waals surface area contributed by atoms with Crippen molar-refractivity contribution in [2.75, 3.05) is 0 Å². The summed E-state index contributed by atoms with van der Waals surface area (Å²) < 4.78 is 25.2. The van der Waals surface area contributed by atoms with Crippen molar-refractivity contribution >= 4 is 10.8 Å². The van der Waals surface area contributed by atoms with Crippen LogP contribution in [0.25, 0.3) is 0 Å². The third kappa shape index (κ3) is 3.51. The SMILES string of the molecule is Cc1ccccc1C[S@@](=O)[C@H](C)c1ccc(F)cc1. The molecule has 0 aliphatic heterocycles. The van der Waals surface area contributed by atoms with Gasteiger partial charge in [0.15, 0.2) is 0 Å². The van der Waals surface area contributed by atoms with Crippen molar-refractivity contribution < 1.29 is 8.60 Å². The summed E-state index contributed by atoms with van der Waals surface area (Å²) in [5.74, 6) is 0.270. The average molecular weight is 276 g/mol. The largest absolute Gasteiger partial charge is 0.259 e. The lowest BCUT2D eigenvalue weighted by atomic mass is 10.1. The van der Waals surface area contributed by atoms with E-state index in [0.29, 0.717) is 5.75 Å². The summed E-state index contributed by atoms with van der Waals surface area (Å²) in [4.78, 5) is 0. The fraction of sp³-hybridized carbons (Fsp3) is 0.250. The molecular weight excluding hydrogens is 259 g/mol. The number of hydrogen-bond donors (Lipinski definition) is 0. The van der Waals surface area contributed by atoms with Crippen molar-refractivity contribution in [3.05, 3.63) is 71.0 Å². The van der Waals surface area contributed by atoms with Crippen LogP contribution in [0.5, 0.6) is 0 Å². The van der Waals surface area contributed by atoms with Gasteiger partial charge in [-0.05, 0) is 42.7 Å². The molecule has 0 aliphatic carbocycles. The van der Waals surface area contributed by atoms with E-state index in [1.807, 2.05) is 38.1 Å². The molecule has 3 heteroatoms. The van der Waals surface area contributed by atoms with E-state index in [4.69, 9.17) is 0 Å². The monoisotopic (exact) mass is 276 g/mol. The minimum absolute atomic E-state index is 0.0970. The molecule has 2 aromatic rings. The van der Waals surface area contributed by atoms with E-state index < -0.39 is 10.8 Å². The molecule has 0 fully saturated rings. The second-order valence-electron chi connectivity index (χ2n) is 4.65. The topological polar surface area (TPSA) is 17.1 Å². The summed E-state index contributed by atoms with van der Waals surface area (Å²) in [5, 5.41) is -0.0970. The Kier molecular flexibility index (Phi) is 4.48. The number of halogens is 1. The van der Waals surface area contributed by atoms with Crippen molar-refractivity contribution in [3.63, 3.8) is 0 Å². The van der Waals surface area contributed by atoms with E-state index >= 15 is 0 Å². The van der Waals surface area contributed by atoms with Gasteiger partial charge in [0, 0.05) is 16.6 Å². The highest BCUT2D eigenvalue weighted by Gasteiger charge is 2.14. The predicted molar refractivity (Wildman–Crippen MR) is 77.8 cm³/mol. The molecule has 2 aromatic carbocycles. The molecule has 2 rings (SSSR count). The van der Waals surface area contributed by atoms with Crippen LogP contribution >= 0.6 is 0 Å². The van der Waals surface area contributed by atoms with Gasteiger partial charge in [-0.15, -0.1) is 0 Å². The molecule has 0 heterocycles. The van der Waals surface area contributed by atoms with E-state index in [1.54, 1.807) is 12.1 Å². The van der Waals surface area contributed by atoms with Crippen LogP contribution in [-0.2, 0) is 16.6 Å². The minimum Gasteiger partial charge on any atom is -0.259 e. The van der Waals surface area contributed by atoms with Gasteiger partial charge in [0.1, 0.15) is 5.82 Å². The zero-order valence-corrected chi connectivity index (χ0v) is 11.9. The number of aryl methyl sites for hydroxylation is 1. The molecule has 19 heavy (non-hydrogen) atoms. The van der Waals surface area contributed by atoms with Gasteiger partial charge in [-0.25, -0.2) is 4.39 Å². The van der Waals surface area contributed by atoms with Gasteiger partial charge in [-0.1, -0.05) is 36.4 Å². The average Bonchev–Trinajstić information content (AvgIpc) is 2.41. The van der Waals surface area contributed by atoms with E-state index in [-0.39, 0.29) is 11.1 Å². The first kappa shape index (κ1) is 13.9. The second kappa shape index (κ2) is 6.11. The van der Waals surface area contributed by atoms with Gasteiger partial charge in [-0.3, -0.25) is 4.21 Å². The quantitative estimate of drug-likeness (QED) is 0.820. The normalized spacial score (nSPS) is 14.1. The molecule has 0 amide bonds. The highest BCUT2D eigenvalue weighted by atomic mass is 32.2. The third-order valence-corrected chi connectivity index (χ3v) is 4.95. The first-order valence-electron chi connectivity index (χ1n) is 6.25. The summed E-state index contributed by atoms with van der Waals surface area (Å²) in [6.45, 7) is 3.94. The van der Waals surface area contributed by atoms with Gasteiger partial charge < -0.3 is 0 Å². The van der Waals surface area contributed by atoms with Crippen molar-refractivity contribution in [1.29, 1.82) is 0 Å². The number of hydrogen-bond acceptors (Lipinski definition) is 1. The zero-order chi connectivity index (χ0) is 13.8. The Morgan fingerprint density at radius 1 is 1.11 bits per heavy atom. The molecular formula is C16H17FOS. The molecule has 0 spiro atoms. The van der Waals surface area contributed by atoms with E-state index in [2.05, 4.69) is 0 Å². The lowest BCUT2D eigenvalue weighted by Gasteiger charge is -2.13. The van der Waals surface area contributed by atoms with Crippen molar-refractivity contribution in [3.8, 4) is 0 Å². The standard InChI is InChI=1S/C16H17FOS/c1-12-5-3-4-6-15(12)11-19(18)13(2)14-7-9-16(17)10-8-14/h3-10,13H,11H2,1-2H3/t13-,19-/m1/s1. The van der Waals surface area contributed by atoms with E-state index in [9.17, 15) is 8.60 Å². The molecule has 0 N–H and O–H groups in total. The Morgan fingerprint density at radius 2 is 1.74 bits per heavy atom. The molecule has 2 atom stereocenters. The van der Waals surface area contributed by atoms with Crippen molar-refractivity contribution in [2.24, 2.45) is 0 Å². The Hall–Kier alpha value is -1.48. The van der Waals surface area contributed by atoms with Gasteiger partial charge in [0.2, 0.25) is 0 Å². The predicted octanol–water partition coefficient (Wildman–Crippen LogP) is 4.14. The Bertz CT molecular complexity index is 578. The summed E-state index contributed by atoms with van der Waals surface area (Å²) in [6.07, 6.45) is 0. The minimum atomic E-state index is -1.01.